The number of pyridine rings is 1. The number of ether oxygens (including phenoxy) is 1. The molecule has 5 nitrogen and oxygen atoms in total. The van der Waals surface area contributed by atoms with Crippen LogP contribution in [-0.4, -0.2) is 18.0 Å². The maximum atomic E-state index is 12.3. The minimum Gasteiger partial charge on any atom is -0.497 e. The highest BCUT2D eigenvalue weighted by Gasteiger charge is 2.16. The van der Waals surface area contributed by atoms with Gasteiger partial charge in [0.15, 0.2) is 0 Å². The zero-order valence-corrected chi connectivity index (χ0v) is 13.9. The second kappa shape index (κ2) is 7.13. The number of aromatic amines is 1. The Bertz CT molecular complexity index is 765. The summed E-state index contributed by atoms with van der Waals surface area (Å²) in [5.74, 6) is 0.264. The van der Waals surface area contributed by atoms with Crippen LogP contribution < -0.4 is 15.6 Å². The van der Waals surface area contributed by atoms with Crippen molar-refractivity contribution in [2.45, 2.75) is 33.2 Å². The molecule has 2 aromatic rings. The van der Waals surface area contributed by atoms with Crippen LogP contribution in [-0.2, 0) is 11.3 Å². The van der Waals surface area contributed by atoms with Crippen LogP contribution in [0.15, 0.2) is 35.1 Å². The number of benzene rings is 1. The van der Waals surface area contributed by atoms with Crippen LogP contribution in [0.4, 0.5) is 0 Å². The highest BCUT2D eigenvalue weighted by atomic mass is 16.5. The van der Waals surface area contributed by atoms with E-state index < -0.39 is 0 Å². The molecule has 0 aliphatic carbocycles. The zero-order valence-electron chi connectivity index (χ0n) is 13.9. The summed E-state index contributed by atoms with van der Waals surface area (Å²) < 4.78 is 5.18. The predicted octanol–water partition coefficient (Wildman–Crippen LogP) is 2.42. The standard InChI is InChI=1S/C18H22N2O3/c1-11-8-12(2)20-18(22)16(11)10-19-17(21)13(3)14-6-5-7-15(9-14)23-4/h5-9,13H,10H2,1-4H3,(H,19,21)(H,20,22)/t13-/m1/s1. The van der Waals surface area contributed by atoms with Crippen LogP contribution in [0.25, 0.3) is 0 Å². The number of rotatable bonds is 5. The van der Waals surface area contributed by atoms with E-state index in [4.69, 9.17) is 4.74 Å². The maximum absolute atomic E-state index is 12.3. The first-order chi connectivity index (χ1) is 10.9. The van der Waals surface area contributed by atoms with E-state index in [0.717, 1.165) is 16.8 Å². The van der Waals surface area contributed by atoms with E-state index in [2.05, 4.69) is 10.3 Å². The molecule has 0 unspecified atom stereocenters. The third kappa shape index (κ3) is 4.00. The van der Waals surface area contributed by atoms with Gasteiger partial charge in [-0.05, 0) is 50.1 Å². The van der Waals surface area contributed by atoms with E-state index in [-0.39, 0.29) is 23.9 Å². The first kappa shape index (κ1) is 16.8. The van der Waals surface area contributed by atoms with E-state index in [1.54, 1.807) is 7.11 Å². The summed E-state index contributed by atoms with van der Waals surface area (Å²) in [4.78, 5) is 27.1. The Morgan fingerprint density at radius 2 is 2.04 bits per heavy atom. The summed E-state index contributed by atoms with van der Waals surface area (Å²) in [5.41, 5.74) is 2.99. The van der Waals surface area contributed by atoms with Crippen molar-refractivity contribution in [3.05, 3.63) is 63.1 Å². The number of methoxy groups -OCH3 is 1. The molecule has 0 saturated heterocycles. The minimum absolute atomic E-state index is 0.127. The summed E-state index contributed by atoms with van der Waals surface area (Å²) in [5, 5.41) is 2.84. The topological polar surface area (TPSA) is 71.2 Å². The van der Waals surface area contributed by atoms with E-state index >= 15 is 0 Å². The van der Waals surface area contributed by atoms with Crippen molar-refractivity contribution in [1.82, 2.24) is 10.3 Å². The Hall–Kier alpha value is -2.56. The molecule has 1 amide bonds. The van der Waals surface area contributed by atoms with Crippen molar-refractivity contribution in [3.63, 3.8) is 0 Å². The molecule has 0 saturated carbocycles. The Morgan fingerprint density at radius 3 is 2.70 bits per heavy atom. The second-order valence-electron chi connectivity index (χ2n) is 5.66. The third-order valence-corrected chi connectivity index (χ3v) is 3.92. The fraction of sp³-hybridized carbons (Fsp3) is 0.333. The average Bonchev–Trinajstić information content (AvgIpc) is 2.53. The van der Waals surface area contributed by atoms with Gasteiger partial charge in [-0.15, -0.1) is 0 Å². The highest BCUT2D eigenvalue weighted by Crippen LogP contribution is 2.20. The van der Waals surface area contributed by atoms with Crippen LogP contribution >= 0.6 is 0 Å². The lowest BCUT2D eigenvalue weighted by Gasteiger charge is -2.14. The summed E-state index contributed by atoms with van der Waals surface area (Å²) >= 11 is 0. The van der Waals surface area contributed by atoms with Crippen LogP contribution in [0, 0.1) is 13.8 Å². The average molecular weight is 314 g/mol. The molecule has 5 heteroatoms. The molecule has 1 atom stereocenters. The van der Waals surface area contributed by atoms with Gasteiger partial charge in [0.25, 0.3) is 5.56 Å². The van der Waals surface area contributed by atoms with Gasteiger partial charge in [0, 0.05) is 17.8 Å². The quantitative estimate of drug-likeness (QED) is 0.890. The van der Waals surface area contributed by atoms with Crippen molar-refractivity contribution in [2.24, 2.45) is 0 Å². The number of aryl methyl sites for hydroxylation is 2. The lowest BCUT2D eigenvalue weighted by molar-refractivity contribution is -0.122. The molecule has 2 rings (SSSR count). The Morgan fingerprint density at radius 1 is 1.30 bits per heavy atom. The van der Waals surface area contributed by atoms with Gasteiger partial charge in [0.1, 0.15) is 5.75 Å². The number of amides is 1. The third-order valence-electron chi connectivity index (χ3n) is 3.92. The van der Waals surface area contributed by atoms with Crippen molar-refractivity contribution < 1.29 is 9.53 Å². The number of hydrogen-bond acceptors (Lipinski definition) is 3. The van der Waals surface area contributed by atoms with Gasteiger partial charge in [-0.2, -0.15) is 0 Å². The van der Waals surface area contributed by atoms with Gasteiger partial charge >= 0.3 is 0 Å². The van der Waals surface area contributed by atoms with E-state index in [1.165, 1.54) is 0 Å². The fourth-order valence-electron chi connectivity index (χ4n) is 2.49. The van der Waals surface area contributed by atoms with Crippen LogP contribution in [0.5, 0.6) is 5.75 Å². The van der Waals surface area contributed by atoms with E-state index in [0.29, 0.717) is 11.3 Å². The Kier molecular flexibility index (Phi) is 5.21. The van der Waals surface area contributed by atoms with Crippen LogP contribution in [0.1, 0.15) is 35.2 Å². The number of aromatic nitrogens is 1. The van der Waals surface area contributed by atoms with Crippen molar-refractivity contribution in [3.8, 4) is 5.75 Å². The van der Waals surface area contributed by atoms with E-state index in [9.17, 15) is 9.59 Å². The molecule has 0 radical (unpaired) electrons. The highest BCUT2D eigenvalue weighted by molar-refractivity contribution is 5.83. The monoisotopic (exact) mass is 314 g/mol. The summed E-state index contributed by atoms with van der Waals surface area (Å²) in [7, 11) is 1.59. The van der Waals surface area contributed by atoms with Gasteiger partial charge in [0.05, 0.1) is 13.0 Å². The smallest absolute Gasteiger partial charge is 0.253 e. The Balaban J connectivity index is 2.09. The molecule has 1 heterocycles. The van der Waals surface area contributed by atoms with Crippen molar-refractivity contribution in [2.75, 3.05) is 7.11 Å². The predicted molar refractivity (Wildman–Crippen MR) is 89.8 cm³/mol. The number of hydrogen-bond donors (Lipinski definition) is 2. The molecule has 2 N–H and O–H groups in total. The zero-order chi connectivity index (χ0) is 17.0. The van der Waals surface area contributed by atoms with E-state index in [1.807, 2.05) is 51.1 Å². The molecule has 23 heavy (non-hydrogen) atoms. The summed E-state index contributed by atoms with van der Waals surface area (Å²) in [6.07, 6.45) is 0. The number of carbonyl (C=O) groups excluding carboxylic acids is 1. The van der Waals surface area contributed by atoms with Crippen LogP contribution in [0.2, 0.25) is 0 Å². The van der Waals surface area contributed by atoms with Crippen molar-refractivity contribution in [1.29, 1.82) is 0 Å². The molecular formula is C18H22N2O3. The van der Waals surface area contributed by atoms with Gasteiger partial charge < -0.3 is 15.0 Å². The fourth-order valence-corrected chi connectivity index (χ4v) is 2.49. The lowest BCUT2D eigenvalue weighted by Crippen LogP contribution is -2.30. The van der Waals surface area contributed by atoms with Gasteiger partial charge in [-0.3, -0.25) is 9.59 Å². The number of carbonyl (C=O) groups is 1. The summed E-state index contributed by atoms with van der Waals surface area (Å²) in [6, 6.07) is 9.31. The largest absolute Gasteiger partial charge is 0.497 e. The Labute approximate surface area is 135 Å². The normalized spacial score (nSPS) is 11.8. The molecule has 1 aromatic heterocycles. The van der Waals surface area contributed by atoms with Gasteiger partial charge in [-0.1, -0.05) is 12.1 Å². The molecule has 1 aromatic carbocycles. The SMILES string of the molecule is COc1cccc([C@@H](C)C(=O)NCc2c(C)cc(C)[nH]c2=O)c1. The molecule has 0 bridgehead atoms. The number of H-pyrrole nitrogens is 1. The first-order valence-electron chi connectivity index (χ1n) is 7.53. The maximum Gasteiger partial charge on any atom is 0.253 e. The molecule has 0 fully saturated rings. The molecule has 0 aliphatic heterocycles. The minimum atomic E-state index is -0.324. The van der Waals surface area contributed by atoms with Gasteiger partial charge in [0.2, 0.25) is 5.91 Å². The molecule has 122 valence electrons. The molecule has 0 spiro atoms. The van der Waals surface area contributed by atoms with Crippen LogP contribution in [0.3, 0.4) is 0 Å². The van der Waals surface area contributed by atoms with Gasteiger partial charge in [-0.25, -0.2) is 0 Å². The first-order valence-corrected chi connectivity index (χ1v) is 7.53. The number of nitrogens with one attached hydrogen (secondary N) is 2. The molecule has 0 aliphatic rings. The molecular weight excluding hydrogens is 292 g/mol. The second-order valence-corrected chi connectivity index (χ2v) is 5.66. The summed E-state index contributed by atoms with van der Waals surface area (Å²) in [6.45, 7) is 5.75. The van der Waals surface area contributed by atoms with Crippen molar-refractivity contribution >= 4 is 5.91 Å². The lowest BCUT2D eigenvalue weighted by atomic mass is 10.00.